The van der Waals surface area contributed by atoms with Crippen LogP contribution < -0.4 is 0 Å². The van der Waals surface area contributed by atoms with E-state index in [0.717, 1.165) is 16.8 Å². The van der Waals surface area contributed by atoms with E-state index in [-0.39, 0.29) is 31.6 Å². The number of allylic oxidation sites excluding steroid dienone is 2. The number of fused-ring (bicyclic) bond motifs is 4. The molecule has 0 bridgehead atoms. The maximum atomic E-state index is 8.40. The number of benzene rings is 4. The SMILES string of the molecule is CC(=[OH+])/C=C(/C)O.[Ir].[c-]1ccc2ccccc2c1-c1ccc2c(ccc3ccccc32)n1. The van der Waals surface area contributed by atoms with Crippen molar-refractivity contribution in [3.05, 3.63) is 103 Å². The second kappa shape index (κ2) is 10.3. The van der Waals surface area contributed by atoms with Crippen molar-refractivity contribution in [3.63, 3.8) is 0 Å². The van der Waals surface area contributed by atoms with E-state index >= 15 is 0 Å². The van der Waals surface area contributed by atoms with E-state index in [0.29, 0.717) is 0 Å². The molecule has 5 aromatic rings. The Morgan fingerprint density at radius 3 is 2.12 bits per heavy atom. The fraction of sp³-hybridized carbons (Fsp3) is 0.0714. The van der Waals surface area contributed by atoms with Crippen LogP contribution in [0.2, 0.25) is 0 Å². The van der Waals surface area contributed by atoms with Crippen molar-refractivity contribution in [3.8, 4) is 11.3 Å². The molecule has 5 rings (SSSR count). The monoisotopic (exact) mass is 598 g/mol. The van der Waals surface area contributed by atoms with Gasteiger partial charge in [-0.25, -0.2) is 0 Å². The van der Waals surface area contributed by atoms with Crippen LogP contribution in [-0.2, 0) is 20.1 Å². The van der Waals surface area contributed by atoms with Crippen LogP contribution in [0.1, 0.15) is 13.8 Å². The summed E-state index contributed by atoms with van der Waals surface area (Å²) in [5.41, 5.74) is 3.05. The fourth-order valence-corrected chi connectivity index (χ4v) is 3.70. The summed E-state index contributed by atoms with van der Waals surface area (Å²) < 4.78 is 0. The largest absolute Gasteiger partial charge is 0.512 e. The molecule has 1 radical (unpaired) electrons. The Hall–Kier alpha value is -3.33. The van der Waals surface area contributed by atoms with Gasteiger partial charge in [-0.3, -0.25) is 9.78 Å². The van der Waals surface area contributed by atoms with E-state index in [1.165, 1.54) is 46.9 Å². The number of pyridine rings is 1. The third-order valence-corrected chi connectivity index (χ3v) is 4.99. The molecule has 4 heteroatoms. The van der Waals surface area contributed by atoms with Crippen LogP contribution in [0, 0.1) is 6.07 Å². The zero-order valence-corrected chi connectivity index (χ0v) is 20.2. The molecule has 0 aliphatic heterocycles. The number of aliphatic hydroxyl groups is 1. The minimum Gasteiger partial charge on any atom is -0.512 e. The van der Waals surface area contributed by atoms with Gasteiger partial charge in [0, 0.05) is 25.5 Å². The zero-order chi connectivity index (χ0) is 21.8. The minimum atomic E-state index is 0. The summed E-state index contributed by atoms with van der Waals surface area (Å²) in [5, 5.41) is 14.5. The summed E-state index contributed by atoms with van der Waals surface area (Å²) in [6, 6.07) is 32.8. The standard InChI is InChI=1S/C23H14N.C5H8O2.Ir/c1-3-9-18-16(6-1)8-5-11-20(18)23-15-13-21-19-10-4-2-7-17(19)12-14-22(21)24-23;1-4(6)3-5(2)7;/h1-10,12-15H;3,6H,1-2H3;/q-1;;/p+1/b;4-3-;. The Morgan fingerprint density at radius 2 is 1.47 bits per heavy atom. The number of carbonyl (C=O) groups excluding carboxylic acids is 1. The Morgan fingerprint density at radius 1 is 0.812 bits per heavy atom. The van der Waals surface area contributed by atoms with Gasteiger partial charge in [-0.05, 0) is 29.5 Å². The molecular weight excluding hydrogens is 575 g/mol. The number of hydrogen-bond acceptors (Lipinski definition) is 2. The molecule has 1 heterocycles. The smallest absolute Gasteiger partial charge is 0.316 e. The van der Waals surface area contributed by atoms with Crippen molar-refractivity contribution in [1.29, 1.82) is 0 Å². The van der Waals surface area contributed by atoms with Crippen LogP contribution in [0.25, 0.3) is 43.7 Å². The van der Waals surface area contributed by atoms with E-state index in [4.69, 9.17) is 14.9 Å². The van der Waals surface area contributed by atoms with Gasteiger partial charge in [0.2, 0.25) is 0 Å². The van der Waals surface area contributed by atoms with E-state index < -0.39 is 0 Å². The third kappa shape index (κ3) is 5.11. The molecule has 0 spiro atoms. The van der Waals surface area contributed by atoms with Crippen LogP contribution in [0.5, 0.6) is 0 Å². The van der Waals surface area contributed by atoms with Gasteiger partial charge in [0.05, 0.1) is 24.3 Å². The van der Waals surface area contributed by atoms with Crippen molar-refractivity contribution in [2.24, 2.45) is 0 Å². The quantitative estimate of drug-likeness (QED) is 0.0782. The molecule has 0 amide bonds. The van der Waals surface area contributed by atoms with Gasteiger partial charge in [-0.15, -0.1) is 29.1 Å². The molecule has 1 aromatic heterocycles. The molecule has 0 fully saturated rings. The maximum Gasteiger partial charge on any atom is 0.316 e. The van der Waals surface area contributed by atoms with Gasteiger partial charge in [-0.1, -0.05) is 72.1 Å². The number of aromatic nitrogens is 1. The summed E-state index contributed by atoms with van der Waals surface area (Å²) in [4.78, 5) is 13.3. The number of aliphatic hydroxyl groups excluding tert-OH is 1. The molecule has 32 heavy (non-hydrogen) atoms. The predicted octanol–water partition coefficient (Wildman–Crippen LogP) is 7.02. The first-order chi connectivity index (χ1) is 15.0. The van der Waals surface area contributed by atoms with E-state index in [2.05, 4.69) is 84.9 Å². The first kappa shape index (κ1) is 23.3. The fourth-order valence-electron chi connectivity index (χ4n) is 3.70. The Balaban J connectivity index is 0.000000318. The van der Waals surface area contributed by atoms with Crippen LogP contribution in [0.3, 0.4) is 0 Å². The second-order valence-electron chi connectivity index (χ2n) is 7.42. The molecule has 161 valence electrons. The normalized spacial score (nSPS) is 11.0. The van der Waals surface area contributed by atoms with E-state index in [1.54, 1.807) is 0 Å². The van der Waals surface area contributed by atoms with Crippen molar-refractivity contribution in [2.45, 2.75) is 13.8 Å². The molecule has 4 aromatic carbocycles. The topological polar surface area (TPSA) is 54.5 Å². The number of rotatable bonds is 2. The number of hydrogen-bond donors (Lipinski definition) is 1. The molecular formula is C28H23IrNO2. The van der Waals surface area contributed by atoms with Gasteiger partial charge < -0.3 is 5.11 Å². The average Bonchev–Trinajstić information content (AvgIpc) is 2.78. The minimum absolute atomic E-state index is 0. The van der Waals surface area contributed by atoms with Crippen molar-refractivity contribution >= 4 is 38.2 Å². The van der Waals surface area contributed by atoms with Crippen molar-refractivity contribution < 1.29 is 30.0 Å². The number of ketones is 1. The van der Waals surface area contributed by atoms with Gasteiger partial charge in [0.15, 0.2) is 0 Å². The van der Waals surface area contributed by atoms with Crippen LogP contribution in [0.15, 0.2) is 96.8 Å². The van der Waals surface area contributed by atoms with E-state index in [1.807, 2.05) is 6.07 Å². The summed E-state index contributed by atoms with van der Waals surface area (Å²) >= 11 is 0. The number of nitrogens with zero attached hydrogens (tertiary/aromatic N) is 1. The Kier molecular flexibility index (Phi) is 7.53. The van der Waals surface area contributed by atoms with Crippen molar-refractivity contribution in [1.82, 2.24) is 4.98 Å². The van der Waals surface area contributed by atoms with Crippen LogP contribution in [-0.4, -0.2) is 20.7 Å². The molecule has 0 unspecified atom stereocenters. The zero-order valence-electron chi connectivity index (χ0n) is 17.8. The second-order valence-corrected chi connectivity index (χ2v) is 7.42. The maximum absolute atomic E-state index is 8.40. The Labute approximate surface area is 200 Å². The molecule has 0 saturated heterocycles. The predicted molar refractivity (Wildman–Crippen MR) is 130 cm³/mol. The van der Waals surface area contributed by atoms with E-state index in [9.17, 15) is 0 Å². The summed E-state index contributed by atoms with van der Waals surface area (Å²) in [6.07, 6.45) is 1.28. The molecule has 0 aliphatic rings. The molecule has 2 N–H and O–H groups in total. The Bertz CT molecular complexity index is 1430. The third-order valence-electron chi connectivity index (χ3n) is 4.99. The van der Waals surface area contributed by atoms with Gasteiger partial charge in [-0.2, -0.15) is 0 Å². The van der Waals surface area contributed by atoms with Gasteiger partial charge in [0.25, 0.3) is 0 Å². The first-order valence-corrected chi connectivity index (χ1v) is 10.1. The van der Waals surface area contributed by atoms with Crippen molar-refractivity contribution in [2.75, 3.05) is 0 Å². The average molecular weight is 598 g/mol. The molecule has 0 atom stereocenters. The van der Waals surface area contributed by atoms with Gasteiger partial charge in [0.1, 0.15) is 0 Å². The summed E-state index contributed by atoms with van der Waals surface area (Å²) in [7, 11) is 0. The summed E-state index contributed by atoms with van der Waals surface area (Å²) in [5.74, 6) is 0.250. The molecule has 3 nitrogen and oxygen atoms in total. The van der Waals surface area contributed by atoms with Gasteiger partial charge >= 0.3 is 5.78 Å². The summed E-state index contributed by atoms with van der Waals surface area (Å²) in [6.45, 7) is 3.00. The van der Waals surface area contributed by atoms with Crippen LogP contribution >= 0.6 is 0 Å². The molecule has 0 aliphatic carbocycles. The van der Waals surface area contributed by atoms with Crippen LogP contribution in [0.4, 0.5) is 0 Å². The first-order valence-electron chi connectivity index (χ1n) is 10.1. The molecule has 0 saturated carbocycles.